The summed E-state index contributed by atoms with van der Waals surface area (Å²) in [6.45, 7) is 3.35. The molecule has 0 spiro atoms. The molecule has 1 heterocycles. The van der Waals surface area contributed by atoms with E-state index in [9.17, 15) is 27.6 Å². The lowest BCUT2D eigenvalue weighted by atomic mass is 10.2. The molecule has 12 nitrogen and oxygen atoms in total. The van der Waals surface area contributed by atoms with Crippen LogP contribution in [0.1, 0.15) is 39.5 Å². The van der Waals surface area contributed by atoms with Crippen LogP contribution in [0.2, 0.25) is 0 Å². The van der Waals surface area contributed by atoms with Crippen LogP contribution in [0.15, 0.2) is 24.3 Å². The number of imide groups is 2. The van der Waals surface area contributed by atoms with Crippen LogP contribution in [0.4, 0.5) is 21.0 Å². The Hall–Kier alpha value is -3.35. The molecule has 2 rings (SSSR count). The van der Waals surface area contributed by atoms with Crippen LogP contribution in [0, 0.1) is 0 Å². The molecular weight excluding hydrogens is 452 g/mol. The first-order valence-electron chi connectivity index (χ1n) is 10.8. The van der Waals surface area contributed by atoms with Gasteiger partial charge in [0.25, 0.3) is 0 Å². The molecule has 0 saturated heterocycles. The molecule has 1 aliphatic rings. The number of nitrogens with zero attached hydrogens (tertiary/aromatic N) is 2. The van der Waals surface area contributed by atoms with Crippen molar-refractivity contribution in [2.75, 3.05) is 34.8 Å². The van der Waals surface area contributed by atoms with E-state index in [0.717, 1.165) is 34.3 Å². The van der Waals surface area contributed by atoms with E-state index in [1.807, 2.05) is 13.8 Å². The molecule has 1 aromatic rings. The monoisotopic (exact) mass is 482 g/mol. The van der Waals surface area contributed by atoms with Crippen LogP contribution < -0.4 is 29.9 Å². The van der Waals surface area contributed by atoms with E-state index in [4.69, 9.17) is 0 Å². The van der Waals surface area contributed by atoms with Crippen molar-refractivity contribution in [2.45, 2.75) is 39.5 Å². The van der Waals surface area contributed by atoms with Crippen molar-refractivity contribution in [1.82, 2.24) is 21.3 Å². The van der Waals surface area contributed by atoms with Gasteiger partial charge in [-0.2, -0.15) is 8.42 Å². The van der Waals surface area contributed by atoms with E-state index in [2.05, 4.69) is 21.3 Å². The summed E-state index contributed by atoms with van der Waals surface area (Å²) in [5, 5.41) is 9.21. The van der Waals surface area contributed by atoms with Crippen molar-refractivity contribution in [3.63, 3.8) is 0 Å². The first-order valence-corrected chi connectivity index (χ1v) is 12.1. The van der Waals surface area contributed by atoms with Crippen molar-refractivity contribution in [3.05, 3.63) is 24.3 Å². The van der Waals surface area contributed by atoms with Gasteiger partial charge in [0.2, 0.25) is 11.8 Å². The summed E-state index contributed by atoms with van der Waals surface area (Å²) >= 11 is 0. The first kappa shape index (κ1) is 25.9. The average Bonchev–Trinajstić information content (AvgIpc) is 2.95. The zero-order valence-corrected chi connectivity index (χ0v) is 19.5. The van der Waals surface area contributed by atoms with Gasteiger partial charge in [-0.3, -0.25) is 20.2 Å². The number of para-hydroxylation sites is 2. The minimum absolute atomic E-state index is 0.180. The van der Waals surface area contributed by atoms with Crippen LogP contribution in [0.5, 0.6) is 0 Å². The number of unbranched alkanes of at least 4 members (excludes halogenated alkanes) is 2. The number of nitrogens with one attached hydrogen (secondary N) is 4. The summed E-state index contributed by atoms with van der Waals surface area (Å²) in [7, 11) is -4.31. The highest BCUT2D eigenvalue weighted by molar-refractivity contribution is 7.94. The Labute approximate surface area is 193 Å². The average molecular weight is 483 g/mol. The predicted octanol–water partition coefficient (Wildman–Crippen LogP) is 0.810. The highest BCUT2D eigenvalue weighted by atomic mass is 32.2. The molecule has 4 N–H and O–H groups in total. The Kier molecular flexibility index (Phi) is 9.45. The van der Waals surface area contributed by atoms with E-state index in [1.54, 1.807) is 12.1 Å². The first-order chi connectivity index (χ1) is 15.7. The van der Waals surface area contributed by atoms with Crippen molar-refractivity contribution in [1.29, 1.82) is 0 Å². The number of fused-ring (bicyclic) bond motifs is 1. The maximum atomic E-state index is 13.1. The molecule has 0 aromatic heterocycles. The van der Waals surface area contributed by atoms with Crippen molar-refractivity contribution in [2.24, 2.45) is 0 Å². The van der Waals surface area contributed by atoms with E-state index in [0.29, 0.717) is 13.1 Å². The van der Waals surface area contributed by atoms with Crippen LogP contribution in [0.3, 0.4) is 0 Å². The lowest BCUT2D eigenvalue weighted by molar-refractivity contribution is -0.119. The number of amides is 6. The lowest BCUT2D eigenvalue weighted by Crippen LogP contribution is -2.50. The van der Waals surface area contributed by atoms with Gasteiger partial charge in [-0.25, -0.2) is 18.2 Å². The largest absolute Gasteiger partial charge is 0.338 e. The van der Waals surface area contributed by atoms with Gasteiger partial charge >= 0.3 is 22.3 Å². The molecule has 0 radical (unpaired) electrons. The quantitative estimate of drug-likeness (QED) is 0.362. The number of carbonyl (C=O) groups excluding carboxylic acids is 4. The zero-order chi connectivity index (χ0) is 24.4. The molecule has 0 aliphatic carbocycles. The highest BCUT2D eigenvalue weighted by Crippen LogP contribution is 2.40. The Morgan fingerprint density at radius 2 is 1.15 bits per heavy atom. The minimum Gasteiger partial charge on any atom is -0.338 e. The summed E-state index contributed by atoms with van der Waals surface area (Å²) in [4.78, 5) is 48.2. The summed E-state index contributed by atoms with van der Waals surface area (Å²) in [6.07, 6.45) is 3.20. The highest BCUT2D eigenvalue weighted by Gasteiger charge is 2.42. The maximum Gasteiger partial charge on any atom is 0.327 e. The number of hydrogen-bond donors (Lipinski definition) is 4. The number of anilines is 2. The fourth-order valence-electron chi connectivity index (χ4n) is 3.03. The molecule has 0 bridgehead atoms. The number of benzene rings is 1. The molecule has 0 saturated carbocycles. The third kappa shape index (κ3) is 7.07. The maximum absolute atomic E-state index is 13.1. The van der Waals surface area contributed by atoms with Gasteiger partial charge in [0.05, 0.1) is 11.4 Å². The molecule has 182 valence electrons. The fraction of sp³-hybridized carbons (Fsp3) is 0.500. The van der Waals surface area contributed by atoms with E-state index in [-0.39, 0.29) is 11.4 Å². The van der Waals surface area contributed by atoms with E-state index < -0.39 is 47.2 Å². The number of carbonyl (C=O) groups is 4. The summed E-state index contributed by atoms with van der Waals surface area (Å²) in [5.74, 6) is -1.66. The second kappa shape index (κ2) is 12.0. The van der Waals surface area contributed by atoms with Gasteiger partial charge in [0.1, 0.15) is 13.1 Å². The van der Waals surface area contributed by atoms with E-state index in [1.165, 1.54) is 12.1 Å². The Morgan fingerprint density at radius 3 is 1.52 bits per heavy atom. The van der Waals surface area contributed by atoms with Gasteiger partial charge in [0.15, 0.2) is 0 Å². The molecule has 0 atom stereocenters. The van der Waals surface area contributed by atoms with Crippen LogP contribution >= 0.6 is 0 Å². The van der Waals surface area contributed by atoms with E-state index >= 15 is 0 Å². The van der Waals surface area contributed by atoms with Crippen molar-refractivity contribution < 1.29 is 27.6 Å². The molecular formula is C20H30N6O6S. The number of urea groups is 2. The molecule has 0 unspecified atom stereocenters. The molecule has 1 aliphatic heterocycles. The van der Waals surface area contributed by atoms with Crippen LogP contribution in [-0.4, -0.2) is 58.5 Å². The third-order valence-electron chi connectivity index (χ3n) is 4.69. The normalized spacial score (nSPS) is 13.8. The molecule has 0 fully saturated rings. The molecule has 33 heavy (non-hydrogen) atoms. The van der Waals surface area contributed by atoms with Gasteiger partial charge in [0, 0.05) is 13.1 Å². The standard InChI is InChI=1S/C20H30N6O6S/c1-3-5-11-21-19(29)23-17(27)13-25-15-9-7-8-10-16(15)26(33(25,31)32)14-18(28)24-20(30)22-12-6-4-2/h7-10H,3-6,11-14H2,1-2H3,(H2,21,23,27,29)(H2,22,24,28,30). The van der Waals surface area contributed by atoms with Crippen LogP contribution in [-0.2, 0) is 19.8 Å². The van der Waals surface area contributed by atoms with Crippen LogP contribution in [0.25, 0.3) is 0 Å². The van der Waals surface area contributed by atoms with Gasteiger partial charge in [-0.05, 0) is 25.0 Å². The van der Waals surface area contributed by atoms with Crippen molar-refractivity contribution >= 4 is 45.5 Å². The number of hydrogen-bond acceptors (Lipinski definition) is 6. The topological polar surface area (TPSA) is 157 Å². The predicted molar refractivity (Wildman–Crippen MR) is 123 cm³/mol. The third-order valence-corrected chi connectivity index (χ3v) is 6.45. The Morgan fingerprint density at radius 1 is 0.758 bits per heavy atom. The fourth-order valence-corrected chi connectivity index (χ4v) is 4.63. The van der Waals surface area contributed by atoms with Gasteiger partial charge in [-0.1, -0.05) is 38.8 Å². The van der Waals surface area contributed by atoms with Crippen molar-refractivity contribution in [3.8, 4) is 0 Å². The van der Waals surface area contributed by atoms with Gasteiger partial charge < -0.3 is 10.6 Å². The van der Waals surface area contributed by atoms with Gasteiger partial charge in [-0.15, -0.1) is 0 Å². The Balaban J connectivity index is 2.08. The molecule has 1 aromatic carbocycles. The number of rotatable bonds is 10. The second-order valence-corrected chi connectivity index (χ2v) is 9.10. The molecule has 6 amide bonds. The second-order valence-electron chi connectivity index (χ2n) is 7.33. The smallest absolute Gasteiger partial charge is 0.327 e. The summed E-state index contributed by atoms with van der Waals surface area (Å²) in [5.41, 5.74) is 0.360. The minimum atomic E-state index is -4.31. The summed E-state index contributed by atoms with van der Waals surface area (Å²) in [6, 6.07) is 4.70. The Bertz CT molecular complexity index is 912. The SMILES string of the molecule is CCCCNC(=O)NC(=O)CN1c2ccccc2N(CC(=O)NC(=O)NCCCC)S1(=O)=O. The summed E-state index contributed by atoms with van der Waals surface area (Å²) < 4.78 is 27.8. The molecule has 13 heteroatoms. The zero-order valence-electron chi connectivity index (χ0n) is 18.7. The lowest BCUT2D eigenvalue weighted by Gasteiger charge is -2.21.